The molecule has 2 rings (SSSR count). The van der Waals surface area contributed by atoms with Crippen LogP contribution < -0.4 is 17.0 Å². The molecule has 1 aliphatic rings. The number of hydrogen-bond donors (Lipinski definition) is 6. The Labute approximate surface area is 161 Å². The van der Waals surface area contributed by atoms with Crippen molar-refractivity contribution in [2.75, 3.05) is 6.61 Å². The zero-order chi connectivity index (χ0) is 22.3. The molecule has 0 spiro atoms. The Hall–Kier alpha value is -0.990. The molecule has 0 saturated carbocycles. The molecular weight excluding hydrogens is 463 g/mol. The SMILES string of the molecule is CC1(N)CC(COP(=O)(O)OP(=O)(O)OP(=O)(O)O)OC1n1ccc(=O)[nH]c1=O. The van der Waals surface area contributed by atoms with Gasteiger partial charge < -0.3 is 30.0 Å². The lowest BCUT2D eigenvalue weighted by Crippen LogP contribution is -2.46. The fraction of sp³-hybridized carbons (Fsp3) is 0.600. The quantitative estimate of drug-likeness (QED) is 0.241. The van der Waals surface area contributed by atoms with Gasteiger partial charge in [-0.3, -0.25) is 18.9 Å². The smallest absolute Gasteiger partial charge is 0.350 e. The molecule has 1 saturated heterocycles. The maximum absolute atomic E-state index is 11.9. The fourth-order valence-corrected chi connectivity index (χ4v) is 5.60. The van der Waals surface area contributed by atoms with E-state index in [2.05, 4.69) is 13.1 Å². The highest BCUT2D eigenvalue weighted by Crippen LogP contribution is 2.66. The van der Waals surface area contributed by atoms with Crippen LogP contribution in [-0.2, 0) is 31.6 Å². The largest absolute Gasteiger partial charge is 0.490 e. The van der Waals surface area contributed by atoms with Gasteiger partial charge in [0, 0.05) is 12.3 Å². The number of aromatic amines is 1. The molecule has 7 N–H and O–H groups in total. The van der Waals surface area contributed by atoms with Crippen LogP contribution in [-0.4, -0.2) is 47.4 Å². The third kappa shape index (κ3) is 7.03. The van der Waals surface area contributed by atoms with Crippen LogP contribution in [0, 0.1) is 0 Å². The Morgan fingerprint density at radius 2 is 1.86 bits per heavy atom. The number of nitrogens with one attached hydrogen (secondary N) is 1. The van der Waals surface area contributed by atoms with Crippen molar-refractivity contribution >= 4 is 23.5 Å². The van der Waals surface area contributed by atoms with Crippen LogP contribution in [0.1, 0.15) is 19.6 Å². The van der Waals surface area contributed by atoms with E-state index in [9.17, 15) is 28.2 Å². The second kappa shape index (κ2) is 8.27. The monoisotopic (exact) mass is 481 g/mol. The predicted octanol–water partition coefficient (Wildman–Crippen LogP) is -1.12. The van der Waals surface area contributed by atoms with Crippen molar-refractivity contribution in [1.82, 2.24) is 9.55 Å². The molecule has 0 bridgehead atoms. The van der Waals surface area contributed by atoms with Gasteiger partial charge in [-0.25, -0.2) is 18.5 Å². The Kier molecular flexibility index (Phi) is 6.92. The lowest BCUT2D eigenvalue weighted by atomic mass is 9.97. The minimum atomic E-state index is -5.64. The highest BCUT2D eigenvalue weighted by Gasteiger charge is 2.46. The van der Waals surface area contributed by atoms with Crippen molar-refractivity contribution in [1.29, 1.82) is 0 Å². The summed E-state index contributed by atoms with van der Waals surface area (Å²) in [4.78, 5) is 60.6. The van der Waals surface area contributed by atoms with E-state index in [1.54, 1.807) is 0 Å². The Morgan fingerprint density at radius 1 is 1.24 bits per heavy atom. The van der Waals surface area contributed by atoms with Gasteiger partial charge in [-0.05, 0) is 13.3 Å². The third-order valence-electron chi connectivity index (χ3n) is 3.50. The van der Waals surface area contributed by atoms with Crippen molar-refractivity contribution in [3.63, 3.8) is 0 Å². The number of H-pyrrole nitrogens is 1. The van der Waals surface area contributed by atoms with Crippen LogP contribution >= 0.6 is 23.5 Å². The number of nitrogens with zero attached hydrogens (tertiary/aromatic N) is 1. The first kappa shape index (κ1) is 24.3. The van der Waals surface area contributed by atoms with Crippen molar-refractivity contribution in [3.8, 4) is 0 Å². The summed E-state index contributed by atoms with van der Waals surface area (Å²) in [6.07, 6.45) is -0.972. The van der Waals surface area contributed by atoms with Crippen LogP contribution in [0.4, 0.5) is 0 Å². The Morgan fingerprint density at radius 3 is 2.41 bits per heavy atom. The number of phosphoric acid groups is 3. The third-order valence-corrected chi connectivity index (χ3v) is 7.30. The second-order valence-corrected chi connectivity index (χ2v) is 10.6. The van der Waals surface area contributed by atoms with Gasteiger partial charge in [-0.15, -0.1) is 0 Å². The zero-order valence-corrected chi connectivity index (χ0v) is 17.2. The van der Waals surface area contributed by atoms with Crippen molar-refractivity contribution in [2.24, 2.45) is 5.73 Å². The topological polar surface area (TPSA) is 250 Å². The van der Waals surface area contributed by atoms with Gasteiger partial charge in [0.05, 0.1) is 18.2 Å². The molecule has 0 aliphatic carbocycles. The maximum Gasteiger partial charge on any atom is 0.490 e. The summed E-state index contributed by atoms with van der Waals surface area (Å²) in [6.45, 7) is 0.783. The first-order valence-corrected chi connectivity index (χ1v) is 12.1. The van der Waals surface area contributed by atoms with Crippen molar-refractivity contribution in [2.45, 2.75) is 31.2 Å². The summed E-state index contributed by atoms with van der Waals surface area (Å²) >= 11 is 0. The molecule has 16 nitrogen and oxygen atoms in total. The van der Waals surface area contributed by atoms with E-state index in [4.69, 9.17) is 25.2 Å². The Bertz CT molecular complexity index is 1010. The van der Waals surface area contributed by atoms with Crippen molar-refractivity contribution < 1.29 is 51.2 Å². The summed E-state index contributed by atoms with van der Waals surface area (Å²) in [5, 5.41) is 0. The first-order chi connectivity index (χ1) is 13.0. The van der Waals surface area contributed by atoms with E-state index in [1.807, 2.05) is 4.98 Å². The first-order valence-electron chi connectivity index (χ1n) is 7.54. The summed E-state index contributed by atoms with van der Waals surface area (Å²) in [5.74, 6) is 0. The van der Waals surface area contributed by atoms with Crippen LogP contribution in [0.25, 0.3) is 0 Å². The van der Waals surface area contributed by atoms with Crippen LogP contribution in [0.3, 0.4) is 0 Å². The van der Waals surface area contributed by atoms with Crippen molar-refractivity contribution in [3.05, 3.63) is 33.1 Å². The van der Waals surface area contributed by atoms with Gasteiger partial charge in [-0.1, -0.05) is 0 Å². The summed E-state index contributed by atoms with van der Waals surface area (Å²) in [6, 6.07) is 1.06. The van der Waals surface area contributed by atoms with Crippen LogP contribution in [0.15, 0.2) is 21.9 Å². The molecule has 29 heavy (non-hydrogen) atoms. The van der Waals surface area contributed by atoms with E-state index >= 15 is 0 Å². The highest BCUT2D eigenvalue weighted by molar-refractivity contribution is 7.66. The molecule has 1 fully saturated rings. The molecule has 1 aromatic heterocycles. The summed E-state index contributed by atoms with van der Waals surface area (Å²) in [7, 11) is -16.5. The van der Waals surface area contributed by atoms with E-state index in [0.29, 0.717) is 0 Å². The summed E-state index contributed by atoms with van der Waals surface area (Å²) < 4.78 is 51.8. The van der Waals surface area contributed by atoms with Gasteiger partial charge in [0.25, 0.3) is 5.56 Å². The number of aromatic nitrogens is 2. The van der Waals surface area contributed by atoms with E-state index < -0.39 is 59.2 Å². The van der Waals surface area contributed by atoms with E-state index in [0.717, 1.165) is 16.8 Å². The minimum Gasteiger partial charge on any atom is -0.350 e. The number of rotatable bonds is 8. The molecular formula is C10H18N3O13P3. The van der Waals surface area contributed by atoms with Crippen LogP contribution in [0.5, 0.6) is 0 Å². The average Bonchev–Trinajstić information content (AvgIpc) is 2.76. The molecule has 2 heterocycles. The molecule has 0 radical (unpaired) electrons. The van der Waals surface area contributed by atoms with Gasteiger partial charge in [0.15, 0.2) is 6.23 Å². The number of ether oxygens (including phenoxy) is 1. The molecule has 1 aliphatic heterocycles. The predicted molar refractivity (Wildman–Crippen MR) is 92.3 cm³/mol. The standard InChI is InChI=1S/C10H18N3O13P3/c1-10(11)4-6(24-8(10)13-3-2-7(14)12-9(13)15)5-23-28(19,20)26-29(21,22)25-27(16,17)18/h2-3,6,8H,4-5,11H2,1H3,(H,19,20)(H,21,22)(H,12,14,15)(H2,16,17,18). The van der Waals surface area contributed by atoms with Crippen LogP contribution in [0.2, 0.25) is 0 Å². The normalized spacial score (nSPS) is 29.3. The minimum absolute atomic E-state index is 0.0149. The van der Waals surface area contributed by atoms with Gasteiger partial charge in [0.2, 0.25) is 0 Å². The summed E-state index contributed by atoms with van der Waals surface area (Å²) in [5.41, 5.74) is 3.43. The Balaban J connectivity index is 2.05. The lowest BCUT2D eigenvalue weighted by molar-refractivity contribution is -0.0373. The lowest BCUT2D eigenvalue weighted by Gasteiger charge is -2.26. The molecule has 1 aromatic rings. The number of hydrogen-bond acceptors (Lipinski definition) is 10. The number of nitrogens with two attached hydrogens (primary N) is 1. The average molecular weight is 481 g/mol. The highest BCUT2D eigenvalue weighted by atomic mass is 31.3. The second-order valence-electron chi connectivity index (χ2n) is 6.22. The number of phosphoric ester groups is 1. The zero-order valence-electron chi connectivity index (χ0n) is 14.6. The molecule has 19 heteroatoms. The molecule has 0 aromatic carbocycles. The molecule has 5 unspecified atom stereocenters. The maximum atomic E-state index is 11.9. The van der Waals surface area contributed by atoms with E-state index in [-0.39, 0.29) is 6.42 Å². The van der Waals surface area contributed by atoms with Gasteiger partial charge >= 0.3 is 29.2 Å². The molecule has 5 atom stereocenters. The fourth-order valence-electron chi connectivity index (χ4n) is 2.55. The van der Waals surface area contributed by atoms with E-state index in [1.165, 1.54) is 6.92 Å². The van der Waals surface area contributed by atoms with Gasteiger partial charge in [-0.2, -0.15) is 8.62 Å². The van der Waals surface area contributed by atoms with Gasteiger partial charge in [0.1, 0.15) is 0 Å². The molecule has 0 amide bonds. The molecule has 166 valence electrons.